The molecule has 0 bridgehead atoms. The van der Waals surface area contributed by atoms with E-state index in [0.717, 1.165) is 0 Å². The first kappa shape index (κ1) is 15.4. The molecular weight excluding hydrogens is 274 g/mol. The number of rotatable bonds is 6. The third-order valence-corrected chi connectivity index (χ3v) is 4.93. The molecular formula is C12H18ClNO3S. The van der Waals surface area contributed by atoms with Gasteiger partial charge >= 0.3 is 0 Å². The number of hydrogen-bond donors (Lipinski definition) is 0. The van der Waals surface area contributed by atoms with Crippen LogP contribution in [0.25, 0.3) is 0 Å². The topological polar surface area (TPSA) is 46.6 Å². The monoisotopic (exact) mass is 291 g/mol. The first-order valence-electron chi connectivity index (χ1n) is 5.56. The summed E-state index contributed by atoms with van der Waals surface area (Å²) in [6.45, 7) is 2.12. The third kappa shape index (κ3) is 3.45. The molecule has 102 valence electrons. The summed E-state index contributed by atoms with van der Waals surface area (Å²) >= 11 is 5.77. The standard InChI is InChI=1S/C12H18ClNO3S/c1-10(17-3)9-14(2)18(15,16)12-7-5-4-6-11(12)8-13/h4-7,10H,8-9H2,1-3H3. The molecule has 0 aromatic heterocycles. The molecule has 0 N–H and O–H groups in total. The van der Waals surface area contributed by atoms with Crippen LogP contribution in [0.2, 0.25) is 0 Å². The van der Waals surface area contributed by atoms with Gasteiger partial charge < -0.3 is 4.74 Å². The van der Waals surface area contributed by atoms with Crippen LogP contribution < -0.4 is 0 Å². The lowest BCUT2D eigenvalue weighted by Crippen LogP contribution is -2.34. The molecule has 0 aliphatic rings. The fraction of sp³-hybridized carbons (Fsp3) is 0.500. The number of hydrogen-bond acceptors (Lipinski definition) is 3. The Morgan fingerprint density at radius 3 is 2.56 bits per heavy atom. The van der Waals surface area contributed by atoms with Crippen LogP contribution in [0.3, 0.4) is 0 Å². The quantitative estimate of drug-likeness (QED) is 0.754. The summed E-state index contributed by atoms with van der Waals surface area (Å²) in [6.07, 6.45) is -0.159. The minimum absolute atomic E-state index is 0.159. The lowest BCUT2D eigenvalue weighted by atomic mass is 10.2. The average molecular weight is 292 g/mol. The summed E-state index contributed by atoms with van der Waals surface area (Å²) in [4.78, 5) is 0.255. The van der Waals surface area contributed by atoms with E-state index in [9.17, 15) is 8.42 Å². The summed E-state index contributed by atoms with van der Waals surface area (Å²) in [5.74, 6) is 0.170. The molecule has 1 atom stereocenters. The van der Waals surface area contributed by atoms with Crippen LogP contribution in [0, 0.1) is 0 Å². The number of sulfonamides is 1. The van der Waals surface area contributed by atoms with E-state index in [1.165, 1.54) is 11.4 Å². The highest BCUT2D eigenvalue weighted by Crippen LogP contribution is 2.21. The lowest BCUT2D eigenvalue weighted by molar-refractivity contribution is 0.104. The maximum absolute atomic E-state index is 12.4. The Morgan fingerprint density at radius 2 is 2.00 bits per heavy atom. The van der Waals surface area contributed by atoms with E-state index in [-0.39, 0.29) is 16.9 Å². The molecule has 0 heterocycles. The van der Waals surface area contributed by atoms with Crippen LogP contribution in [0.1, 0.15) is 12.5 Å². The average Bonchev–Trinajstić information content (AvgIpc) is 2.38. The smallest absolute Gasteiger partial charge is 0.243 e. The molecule has 1 aromatic rings. The lowest BCUT2D eigenvalue weighted by Gasteiger charge is -2.21. The largest absolute Gasteiger partial charge is 0.380 e. The predicted molar refractivity (Wildman–Crippen MR) is 72.3 cm³/mol. The van der Waals surface area contributed by atoms with Gasteiger partial charge in [-0.25, -0.2) is 8.42 Å². The number of alkyl halides is 1. The Morgan fingerprint density at radius 1 is 1.39 bits per heavy atom. The van der Waals surface area contributed by atoms with Gasteiger partial charge in [-0.05, 0) is 18.6 Å². The van der Waals surface area contributed by atoms with Gasteiger partial charge in [-0.1, -0.05) is 18.2 Å². The Labute approximate surface area is 114 Å². The molecule has 1 aromatic carbocycles. The van der Waals surface area contributed by atoms with Crippen molar-refractivity contribution in [3.05, 3.63) is 29.8 Å². The molecule has 0 aliphatic carbocycles. The fourth-order valence-electron chi connectivity index (χ4n) is 1.57. The van der Waals surface area contributed by atoms with E-state index < -0.39 is 10.0 Å². The second kappa shape index (κ2) is 6.52. The van der Waals surface area contributed by atoms with Crippen molar-refractivity contribution in [3.63, 3.8) is 0 Å². The third-order valence-electron chi connectivity index (χ3n) is 2.72. The van der Waals surface area contributed by atoms with Gasteiger partial charge in [-0.15, -0.1) is 11.6 Å². The van der Waals surface area contributed by atoms with Crippen molar-refractivity contribution >= 4 is 21.6 Å². The highest BCUT2D eigenvalue weighted by molar-refractivity contribution is 7.89. The maximum atomic E-state index is 12.4. The van der Waals surface area contributed by atoms with E-state index in [2.05, 4.69) is 0 Å². The SMILES string of the molecule is COC(C)CN(C)S(=O)(=O)c1ccccc1CCl. The fourth-order valence-corrected chi connectivity index (χ4v) is 3.34. The van der Waals surface area contributed by atoms with Crippen LogP contribution >= 0.6 is 11.6 Å². The van der Waals surface area contributed by atoms with Gasteiger partial charge in [-0.3, -0.25) is 0 Å². The number of methoxy groups -OCH3 is 1. The van der Waals surface area contributed by atoms with Crippen molar-refractivity contribution in [2.24, 2.45) is 0 Å². The zero-order valence-corrected chi connectivity index (χ0v) is 12.3. The molecule has 18 heavy (non-hydrogen) atoms. The van der Waals surface area contributed by atoms with Crippen molar-refractivity contribution in [1.82, 2.24) is 4.31 Å². The molecule has 0 fully saturated rings. The second-order valence-corrected chi connectivity index (χ2v) is 6.35. The maximum Gasteiger partial charge on any atom is 0.243 e. The summed E-state index contributed by atoms with van der Waals surface area (Å²) in [7, 11) is -0.427. The molecule has 1 rings (SSSR count). The minimum atomic E-state index is -3.52. The number of likely N-dealkylation sites (N-methyl/N-ethyl adjacent to an activating group) is 1. The number of halogens is 1. The summed E-state index contributed by atoms with van der Waals surface area (Å²) in [6, 6.07) is 6.75. The Balaban J connectivity index is 3.05. The highest BCUT2D eigenvalue weighted by atomic mass is 35.5. The molecule has 1 unspecified atom stereocenters. The molecule has 0 radical (unpaired) electrons. The van der Waals surface area contributed by atoms with Crippen molar-refractivity contribution in [3.8, 4) is 0 Å². The van der Waals surface area contributed by atoms with Gasteiger partial charge in [-0.2, -0.15) is 4.31 Å². The summed E-state index contributed by atoms with van der Waals surface area (Å²) < 4.78 is 31.1. The van der Waals surface area contributed by atoms with Crippen LogP contribution in [0.5, 0.6) is 0 Å². The molecule has 4 nitrogen and oxygen atoms in total. The molecule has 0 saturated carbocycles. The van der Waals surface area contributed by atoms with Gasteiger partial charge in [0, 0.05) is 26.6 Å². The molecule has 6 heteroatoms. The summed E-state index contributed by atoms with van der Waals surface area (Å²) in [5, 5.41) is 0. The number of benzene rings is 1. The van der Waals surface area contributed by atoms with Crippen LogP contribution in [-0.4, -0.2) is 39.5 Å². The Kier molecular flexibility index (Phi) is 5.59. The van der Waals surface area contributed by atoms with Gasteiger partial charge in [0.15, 0.2) is 0 Å². The normalized spacial score (nSPS) is 13.8. The molecule has 0 amide bonds. The van der Waals surface area contributed by atoms with Gasteiger partial charge in [0.25, 0.3) is 0 Å². The Hall–Kier alpha value is -0.620. The second-order valence-electron chi connectivity index (χ2n) is 4.07. The van der Waals surface area contributed by atoms with Crippen molar-refractivity contribution in [2.75, 3.05) is 20.7 Å². The first-order valence-corrected chi connectivity index (χ1v) is 7.54. The molecule has 0 spiro atoms. The van der Waals surface area contributed by atoms with Gasteiger partial charge in [0.2, 0.25) is 10.0 Å². The zero-order valence-electron chi connectivity index (χ0n) is 10.8. The summed E-state index contributed by atoms with van der Waals surface area (Å²) in [5.41, 5.74) is 0.607. The highest BCUT2D eigenvalue weighted by Gasteiger charge is 2.24. The van der Waals surface area contributed by atoms with E-state index in [1.807, 2.05) is 6.92 Å². The van der Waals surface area contributed by atoms with E-state index in [4.69, 9.17) is 16.3 Å². The predicted octanol–water partition coefficient (Wildman–Crippen LogP) is 2.08. The molecule has 0 saturated heterocycles. The van der Waals surface area contributed by atoms with Crippen molar-refractivity contribution in [1.29, 1.82) is 0 Å². The number of ether oxygens (including phenoxy) is 1. The van der Waals surface area contributed by atoms with Crippen LogP contribution in [-0.2, 0) is 20.6 Å². The van der Waals surface area contributed by atoms with Crippen molar-refractivity contribution < 1.29 is 13.2 Å². The molecule has 0 aliphatic heterocycles. The van der Waals surface area contributed by atoms with Gasteiger partial charge in [0.05, 0.1) is 11.0 Å². The van der Waals surface area contributed by atoms with E-state index in [0.29, 0.717) is 12.1 Å². The van der Waals surface area contributed by atoms with E-state index in [1.54, 1.807) is 31.4 Å². The minimum Gasteiger partial charge on any atom is -0.380 e. The number of nitrogens with zero attached hydrogens (tertiary/aromatic N) is 1. The van der Waals surface area contributed by atoms with Crippen LogP contribution in [0.4, 0.5) is 0 Å². The van der Waals surface area contributed by atoms with Crippen molar-refractivity contribution in [2.45, 2.75) is 23.8 Å². The van der Waals surface area contributed by atoms with E-state index >= 15 is 0 Å². The van der Waals surface area contributed by atoms with Gasteiger partial charge in [0.1, 0.15) is 0 Å². The first-order chi connectivity index (χ1) is 8.43. The zero-order chi connectivity index (χ0) is 13.8. The van der Waals surface area contributed by atoms with Crippen LogP contribution in [0.15, 0.2) is 29.2 Å². The Bertz CT molecular complexity index is 490.